The summed E-state index contributed by atoms with van der Waals surface area (Å²) < 4.78 is 2.13. The second kappa shape index (κ2) is 8.27. The summed E-state index contributed by atoms with van der Waals surface area (Å²) in [5, 5.41) is 4.26. The molecule has 4 rings (SSSR count). The lowest BCUT2D eigenvalue weighted by Crippen LogP contribution is -2.28. The van der Waals surface area contributed by atoms with Gasteiger partial charge in [0.2, 0.25) is 0 Å². The third-order valence-corrected chi connectivity index (χ3v) is 5.25. The average molecular weight is 424 g/mol. The van der Waals surface area contributed by atoms with Crippen LogP contribution in [0.1, 0.15) is 34.7 Å². The Morgan fingerprint density at radius 2 is 1.76 bits per heavy atom. The van der Waals surface area contributed by atoms with Gasteiger partial charge in [-0.2, -0.15) is 0 Å². The van der Waals surface area contributed by atoms with Crippen LogP contribution in [0.3, 0.4) is 0 Å². The summed E-state index contributed by atoms with van der Waals surface area (Å²) >= 11 is 12.0. The van der Waals surface area contributed by atoms with Gasteiger partial charge in [0.05, 0.1) is 17.1 Å². The maximum atomic E-state index is 12.7. The summed E-state index contributed by atoms with van der Waals surface area (Å²) in [6.45, 7) is 2.56. The first-order chi connectivity index (χ1) is 14.0. The Bertz CT molecular complexity index is 1170. The van der Waals surface area contributed by atoms with Crippen LogP contribution in [-0.4, -0.2) is 15.5 Å². The number of amides is 1. The summed E-state index contributed by atoms with van der Waals surface area (Å²) in [7, 11) is 0. The molecule has 6 heteroatoms. The Morgan fingerprint density at radius 3 is 2.52 bits per heavy atom. The molecule has 0 bridgehead atoms. The van der Waals surface area contributed by atoms with Gasteiger partial charge in [0.25, 0.3) is 5.91 Å². The molecule has 0 aliphatic rings. The van der Waals surface area contributed by atoms with Crippen LogP contribution in [-0.2, 0) is 6.54 Å². The molecule has 1 aromatic heterocycles. The highest BCUT2D eigenvalue weighted by molar-refractivity contribution is 6.31. The lowest BCUT2D eigenvalue weighted by Gasteiger charge is -2.17. The SMILES string of the molecule is CC(NC(=O)c1cccc(Cl)c1)c1nc2ccccc2n1Cc1ccc(Cl)cc1. The summed E-state index contributed by atoms with van der Waals surface area (Å²) in [4.78, 5) is 17.5. The molecule has 1 amide bonds. The zero-order valence-corrected chi connectivity index (χ0v) is 17.3. The summed E-state index contributed by atoms with van der Waals surface area (Å²) in [6.07, 6.45) is 0. The number of fused-ring (bicyclic) bond motifs is 1. The Hall–Kier alpha value is -2.82. The van der Waals surface area contributed by atoms with Crippen molar-refractivity contribution in [3.05, 3.63) is 99.8 Å². The molecule has 4 nitrogen and oxygen atoms in total. The van der Waals surface area contributed by atoms with E-state index in [0.29, 0.717) is 22.2 Å². The van der Waals surface area contributed by atoms with E-state index in [1.54, 1.807) is 24.3 Å². The molecule has 1 heterocycles. The minimum absolute atomic E-state index is 0.190. The Labute approximate surface area is 179 Å². The molecule has 4 aromatic rings. The lowest BCUT2D eigenvalue weighted by molar-refractivity contribution is 0.0938. The van der Waals surface area contributed by atoms with Crippen molar-refractivity contribution in [2.45, 2.75) is 19.5 Å². The largest absolute Gasteiger partial charge is 0.342 e. The van der Waals surface area contributed by atoms with Gasteiger partial charge in [-0.1, -0.05) is 53.5 Å². The number of hydrogen-bond acceptors (Lipinski definition) is 2. The number of hydrogen-bond donors (Lipinski definition) is 1. The maximum Gasteiger partial charge on any atom is 0.251 e. The Kier molecular flexibility index (Phi) is 5.56. The van der Waals surface area contributed by atoms with Crippen molar-refractivity contribution < 1.29 is 4.79 Å². The van der Waals surface area contributed by atoms with Gasteiger partial charge in [-0.05, 0) is 55.0 Å². The smallest absolute Gasteiger partial charge is 0.251 e. The van der Waals surface area contributed by atoms with Crippen molar-refractivity contribution in [3.63, 3.8) is 0 Å². The van der Waals surface area contributed by atoms with E-state index in [0.717, 1.165) is 22.4 Å². The molecule has 1 unspecified atom stereocenters. The number of imidazole rings is 1. The molecule has 0 saturated heterocycles. The summed E-state index contributed by atoms with van der Waals surface area (Å²) in [5.74, 6) is 0.599. The second-order valence-electron chi connectivity index (χ2n) is 6.88. The number of aromatic nitrogens is 2. The van der Waals surface area contributed by atoms with Crippen molar-refractivity contribution in [1.82, 2.24) is 14.9 Å². The first-order valence-electron chi connectivity index (χ1n) is 9.27. The molecule has 1 atom stereocenters. The molecule has 146 valence electrons. The van der Waals surface area contributed by atoms with Crippen LogP contribution in [0.4, 0.5) is 0 Å². The highest BCUT2D eigenvalue weighted by atomic mass is 35.5. The topological polar surface area (TPSA) is 46.9 Å². The van der Waals surface area contributed by atoms with Gasteiger partial charge < -0.3 is 9.88 Å². The van der Waals surface area contributed by atoms with E-state index in [9.17, 15) is 4.79 Å². The molecule has 0 spiro atoms. The zero-order valence-electron chi connectivity index (χ0n) is 15.8. The van der Waals surface area contributed by atoms with E-state index in [4.69, 9.17) is 28.2 Å². The van der Waals surface area contributed by atoms with E-state index < -0.39 is 0 Å². The predicted octanol–water partition coefficient (Wildman–Crippen LogP) is 5.88. The van der Waals surface area contributed by atoms with Crippen molar-refractivity contribution in [3.8, 4) is 0 Å². The monoisotopic (exact) mass is 423 g/mol. The van der Waals surface area contributed by atoms with E-state index in [-0.39, 0.29) is 11.9 Å². The molecule has 0 radical (unpaired) electrons. The fraction of sp³-hybridized carbons (Fsp3) is 0.130. The number of para-hydroxylation sites is 2. The number of carbonyl (C=O) groups excluding carboxylic acids is 1. The van der Waals surface area contributed by atoms with Gasteiger partial charge >= 0.3 is 0 Å². The van der Waals surface area contributed by atoms with Crippen molar-refractivity contribution in [1.29, 1.82) is 0 Å². The highest BCUT2D eigenvalue weighted by Gasteiger charge is 2.19. The second-order valence-corrected chi connectivity index (χ2v) is 7.75. The van der Waals surface area contributed by atoms with Crippen LogP contribution < -0.4 is 5.32 Å². The minimum Gasteiger partial charge on any atom is -0.342 e. The van der Waals surface area contributed by atoms with Gasteiger partial charge in [-0.15, -0.1) is 0 Å². The number of nitrogens with zero attached hydrogens (tertiary/aromatic N) is 2. The van der Waals surface area contributed by atoms with Gasteiger partial charge in [-0.3, -0.25) is 4.79 Å². The fourth-order valence-electron chi connectivity index (χ4n) is 3.34. The van der Waals surface area contributed by atoms with Crippen LogP contribution >= 0.6 is 23.2 Å². The van der Waals surface area contributed by atoms with Crippen LogP contribution in [0.25, 0.3) is 11.0 Å². The molecule has 3 aromatic carbocycles. The molecular weight excluding hydrogens is 405 g/mol. The highest BCUT2D eigenvalue weighted by Crippen LogP contribution is 2.23. The quantitative estimate of drug-likeness (QED) is 0.435. The molecule has 29 heavy (non-hydrogen) atoms. The molecule has 0 aliphatic carbocycles. The first kappa shape index (κ1) is 19.5. The van der Waals surface area contributed by atoms with Gasteiger partial charge in [0.1, 0.15) is 5.82 Å². The Balaban J connectivity index is 1.67. The normalized spacial score (nSPS) is 12.1. The number of halogens is 2. The predicted molar refractivity (Wildman–Crippen MR) is 118 cm³/mol. The van der Waals surface area contributed by atoms with Crippen LogP contribution in [0.15, 0.2) is 72.8 Å². The molecule has 1 N–H and O–H groups in total. The van der Waals surface area contributed by atoms with E-state index in [1.807, 2.05) is 55.5 Å². The van der Waals surface area contributed by atoms with Gasteiger partial charge in [0.15, 0.2) is 0 Å². The standard InChI is InChI=1S/C23H19Cl2N3O/c1-15(26-23(29)17-5-4-6-19(25)13-17)22-27-20-7-2-3-8-21(20)28(22)14-16-9-11-18(24)12-10-16/h2-13,15H,14H2,1H3,(H,26,29). The van der Waals surface area contributed by atoms with Crippen LogP contribution in [0, 0.1) is 0 Å². The summed E-state index contributed by atoms with van der Waals surface area (Å²) in [6, 6.07) is 22.3. The number of rotatable bonds is 5. The van der Waals surface area contributed by atoms with Gasteiger partial charge in [-0.25, -0.2) is 4.98 Å². The van der Waals surface area contributed by atoms with Crippen molar-refractivity contribution in [2.24, 2.45) is 0 Å². The van der Waals surface area contributed by atoms with Crippen LogP contribution in [0.5, 0.6) is 0 Å². The lowest BCUT2D eigenvalue weighted by atomic mass is 10.2. The third kappa shape index (κ3) is 4.29. The van der Waals surface area contributed by atoms with E-state index in [1.165, 1.54) is 0 Å². The molecule has 0 aliphatic heterocycles. The van der Waals surface area contributed by atoms with E-state index >= 15 is 0 Å². The minimum atomic E-state index is -0.291. The number of nitrogens with one attached hydrogen (secondary N) is 1. The zero-order chi connectivity index (χ0) is 20.4. The first-order valence-corrected chi connectivity index (χ1v) is 10.0. The van der Waals surface area contributed by atoms with Crippen LogP contribution in [0.2, 0.25) is 10.0 Å². The Morgan fingerprint density at radius 1 is 1.00 bits per heavy atom. The van der Waals surface area contributed by atoms with E-state index in [2.05, 4.69) is 9.88 Å². The van der Waals surface area contributed by atoms with Crippen molar-refractivity contribution >= 4 is 40.1 Å². The third-order valence-electron chi connectivity index (χ3n) is 4.76. The molecular formula is C23H19Cl2N3O. The summed E-state index contributed by atoms with van der Waals surface area (Å²) in [5.41, 5.74) is 3.53. The van der Waals surface area contributed by atoms with Crippen molar-refractivity contribution in [2.75, 3.05) is 0 Å². The average Bonchev–Trinajstić information content (AvgIpc) is 3.08. The fourth-order valence-corrected chi connectivity index (χ4v) is 3.65. The number of carbonyl (C=O) groups is 1. The maximum absolute atomic E-state index is 12.7. The number of benzene rings is 3. The molecule has 0 fully saturated rings. The van der Waals surface area contributed by atoms with Gasteiger partial charge in [0, 0.05) is 22.2 Å². The molecule has 0 saturated carbocycles.